The second-order valence-electron chi connectivity index (χ2n) is 5.48. The van der Waals surface area contributed by atoms with E-state index in [2.05, 4.69) is 10.1 Å². The van der Waals surface area contributed by atoms with Gasteiger partial charge in [0.1, 0.15) is 6.54 Å². The average Bonchev–Trinajstić information content (AvgIpc) is 2.87. The van der Waals surface area contributed by atoms with Crippen molar-refractivity contribution in [2.24, 2.45) is 0 Å². The summed E-state index contributed by atoms with van der Waals surface area (Å²) >= 11 is 5.98. The van der Waals surface area contributed by atoms with Gasteiger partial charge in [0, 0.05) is 5.69 Å². The average molecular weight is 373 g/mol. The lowest BCUT2D eigenvalue weighted by atomic mass is 10.1. The van der Waals surface area contributed by atoms with Crippen LogP contribution in [0.2, 0.25) is 5.02 Å². The SMILES string of the molecule is COC(=O)c1ccc(NC(=O)CN2C(=O)c3cccc(Cl)c3C2=O)cc1. The number of anilines is 1. The van der Waals surface area contributed by atoms with Gasteiger partial charge in [-0.15, -0.1) is 0 Å². The molecule has 0 fully saturated rings. The molecule has 1 aliphatic rings. The number of methoxy groups -OCH3 is 1. The number of imide groups is 1. The lowest BCUT2D eigenvalue weighted by molar-refractivity contribution is -0.116. The molecule has 0 saturated heterocycles. The lowest BCUT2D eigenvalue weighted by Crippen LogP contribution is -2.37. The molecule has 1 aliphatic heterocycles. The number of hydrogen-bond acceptors (Lipinski definition) is 5. The first-order valence-electron chi connectivity index (χ1n) is 7.55. The van der Waals surface area contributed by atoms with Gasteiger partial charge in [-0.25, -0.2) is 4.79 Å². The summed E-state index contributed by atoms with van der Waals surface area (Å²) in [5.74, 6) is -2.22. The number of amides is 3. The van der Waals surface area contributed by atoms with E-state index >= 15 is 0 Å². The molecular weight excluding hydrogens is 360 g/mol. The molecule has 26 heavy (non-hydrogen) atoms. The quantitative estimate of drug-likeness (QED) is 0.657. The number of fused-ring (bicyclic) bond motifs is 1. The number of nitrogens with one attached hydrogen (secondary N) is 1. The number of ether oxygens (including phenoxy) is 1. The van der Waals surface area contributed by atoms with Crippen LogP contribution in [0.4, 0.5) is 5.69 Å². The number of rotatable bonds is 4. The van der Waals surface area contributed by atoms with Gasteiger partial charge in [0.2, 0.25) is 5.91 Å². The van der Waals surface area contributed by atoms with Crippen molar-refractivity contribution < 1.29 is 23.9 Å². The Morgan fingerprint density at radius 2 is 1.77 bits per heavy atom. The molecule has 0 aromatic heterocycles. The van der Waals surface area contributed by atoms with E-state index in [0.717, 1.165) is 4.90 Å². The third-order valence-corrected chi connectivity index (χ3v) is 4.15. The van der Waals surface area contributed by atoms with Crippen LogP contribution in [0, 0.1) is 0 Å². The number of esters is 1. The van der Waals surface area contributed by atoms with Crippen LogP contribution in [-0.2, 0) is 9.53 Å². The fourth-order valence-corrected chi connectivity index (χ4v) is 2.84. The van der Waals surface area contributed by atoms with Crippen molar-refractivity contribution in [1.82, 2.24) is 4.90 Å². The number of carbonyl (C=O) groups excluding carboxylic acids is 4. The summed E-state index contributed by atoms with van der Waals surface area (Å²) < 4.78 is 4.59. The highest BCUT2D eigenvalue weighted by atomic mass is 35.5. The molecule has 8 heteroatoms. The Kier molecular flexibility index (Phi) is 4.73. The minimum atomic E-state index is -0.605. The van der Waals surface area contributed by atoms with E-state index in [1.54, 1.807) is 6.07 Å². The van der Waals surface area contributed by atoms with Gasteiger partial charge in [-0.3, -0.25) is 19.3 Å². The first kappa shape index (κ1) is 17.6. The Morgan fingerprint density at radius 3 is 2.38 bits per heavy atom. The van der Waals surface area contributed by atoms with Crippen molar-refractivity contribution in [2.45, 2.75) is 0 Å². The highest BCUT2D eigenvalue weighted by molar-refractivity contribution is 6.37. The monoisotopic (exact) mass is 372 g/mol. The molecule has 1 N–H and O–H groups in total. The topological polar surface area (TPSA) is 92.8 Å². The number of carbonyl (C=O) groups is 4. The second-order valence-corrected chi connectivity index (χ2v) is 5.88. The maximum absolute atomic E-state index is 12.4. The van der Waals surface area contributed by atoms with Gasteiger partial charge in [-0.2, -0.15) is 0 Å². The zero-order valence-corrected chi connectivity index (χ0v) is 14.4. The Hall–Kier alpha value is -3.19. The molecule has 0 saturated carbocycles. The molecule has 3 amide bonds. The molecule has 2 aromatic rings. The molecule has 0 aliphatic carbocycles. The van der Waals surface area contributed by atoms with Crippen LogP contribution in [0.25, 0.3) is 0 Å². The van der Waals surface area contributed by atoms with E-state index in [4.69, 9.17) is 11.6 Å². The van der Waals surface area contributed by atoms with Crippen molar-refractivity contribution in [3.63, 3.8) is 0 Å². The number of benzene rings is 2. The molecule has 0 bridgehead atoms. The first-order chi connectivity index (χ1) is 12.4. The predicted molar refractivity (Wildman–Crippen MR) is 93.2 cm³/mol. The summed E-state index contributed by atoms with van der Waals surface area (Å²) in [5, 5.41) is 2.73. The van der Waals surface area contributed by atoms with Crippen LogP contribution >= 0.6 is 11.6 Å². The van der Waals surface area contributed by atoms with Crippen molar-refractivity contribution in [2.75, 3.05) is 19.0 Å². The summed E-state index contributed by atoms with van der Waals surface area (Å²) in [4.78, 5) is 49.1. The molecule has 0 unspecified atom stereocenters. The fraction of sp³-hybridized carbons (Fsp3) is 0.111. The van der Waals surface area contributed by atoms with E-state index in [1.807, 2.05) is 0 Å². The van der Waals surface area contributed by atoms with E-state index in [1.165, 1.54) is 43.5 Å². The Morgan fingerprint density at radius 1 is 1.08 bits per heavy atom. The van der Waals surface area contributed by atoms with Crippen LogP contribution in [-0.4, -0.2) is 42.2 Å². The van der Waals surface area contributed by atoms with Gasteiger partial charge < -0.3 is 10.1 Å². The smallest absolute Gasteiger partial charge is 0.337 e. The molecule has 7 nitrogen and oxygen atoms in total. The van der Waals surface area contributed by atoms with Crippen molar-refractivity contribution >= 4 is 41.0 Å². The Balaban J connectivity index is 1.69. The predicted octanol–water partition coefficient (Wildman–Crippen LogP) is 2.36. The summed E-state index contributed by atoms with van der Waals surface area (Å²) in [7, 11) is 1.27. The van der Waals surface area contributed by atoms with Gasteiger partial charge in [-0.05, 0) is 36.4 Å². The van der Waals surface area contributed by atoms with Crippen molar-refractivity contribution in [3.05, 3.63) is 64.2 Å². The summed E-state index contributed by atoms with van der Waals surface area (Å²) in [6.45, 7) is -0.443. The standard InChI is InChI=1S/C18H13ClN2O5/c1-26-18(25)10-5-7-11(8-6-10)20-14(22)9-21-16(23)12-3-2-4-13(19)15(12)17(21)24/h2-8H,9H2,1H3,(H,20,22). The zero-order chi connectivity index (χ0) is 18.8. The number of halogens is 1. The summed E-state index contributed by atoms with van der Waals surface area (Å²) in [6, 6.07) is 10.6. The molecule has 0 atom stereocenters. The third kappa shape index (κ3) is 3.16. The van der Waals surface area contributed by atoms with Gasteiger partial charge >= 0.3 is 5.97 Å². The zero-order valence-electron chi connectivity index (χ0n) is 13.6. The Labute approximate surface area is 153 Å². The maximum atomic E-state index is 12.4. The van der Waals surface area contributed by atoms with Crippen molar-refractivity contribution in [1.29, 1.82) is 0 Å². The van der Waals surface area contributed by atoms with Crippen LogP contribution < -0.4 is 5.32 Å². The first-order valence-corrected chi connectivity index (χ1v) is 7.93. The van der Waals surface area contributed by atoms with Gasteiger partial charge in [-0.1, -0.05) is 17.7 Å². The van der Waals surface area contributed by atoms with E-state index in [-0.39, 0.29) is 16.1 Å². The van der Waals surface area contributed by atoms with Crippen LogP contribution in [0.15, 0.2) is 42.5 Å². The van der Waals surface area contributed by atoms with Crippen molar-refractivity contribution in [3.8, 4) is 0 Å². The normalized spacial score (nSPS) is 12.8. The van der Waals surface area contributed by atoms with E-state index < -0.39 is 30.2 Å². The van der Waals surface area contributed by atoms with Crippen LogP contribution in [0.3, 0.4) is 0 Å². The minimum Gasteiger partial charge on any atom is -0.465 e. The van der Waals surface area contributed by atoms with Gasteiger partial charge in [0.15, 0.2) is 0 Å². The largest absolute Gasteiger partial charge is 0.465 e. The lowest BCUT2D eigenvalue weighted by Gasteiger charge is -2.13. The highest BCUT2D eigenvalue weighted by Crippen LogP contribution is 2.28. The maximum Gasteiger partial charge on any atom is 0.337 e. The molecule has 3 rings (SSSR count). The molecule has 0 radical (unpaired) electrons. The number of nitrogens with zero attached hydrogens (tertiary/aromatic N) is 1. The number of hydrogen-bond donors (Lipinski definition) is 1. The molecule has 0 spiro atoms. The molecule has 1 heterocycles. The van der Waals surface area contributed by atoms with Crippen LogP contribution in [0.5, 0.6) is 0 Å². The van der Waals surface area contributed by atoms with Crippen LogP contribution in [0.1, 0.15) is 31.1 Å². The van der Waals surface area contributed by atoms with E-state index in [9.17, 15) is 19.2 Å². The summed E-state index contributed by atoms with van der Waals surface area (Å²) in [5.41, 5.74) is 1.03. The highest BCUT2D eigenvalue weighted by Gasteiger charge is 2.38. The molecule has 2 aromatic carbocycles. The second kappa shape index (κ2) is 6.97. The fourth-order valence-electron chi connectivity index (χ4n) is 2.59. The van der Waals surface area contributed by atoms with E-state index in [0.29, 0.717) is 11.3 Å². The van der Waals surface area contributed by atoms with Gasteiger partial charge in [0.25, 0.3) is 11.8 Å². The molecule has 132 valence electrons. The molecular formula is C18H13ClN2O5. The van der Waals surface area contributed by atoms with Gasteiger partial charge in [0.05, 0.1) is 28.8 Å². The Bertz CT molecular complexity index is 924. The summed E-state index contributed by atoms with van der Waals surface area (Å²) in [6.07, 6.45) is 0. The minimum absolute atomic E-state index is 0.106. The third-order valence-electron chi connectivity index (χ3n) is 3.84.